The third kappa shape index (κ3) is 1.93. The third-order valence-corrected chi connectivity index (χ3v) is 3.63. The van der Waals surface area contributed by atoms with Gasteiger partial charge in [-0.3, -0.25) is 14.9 Å². The van der Waals surface area contributed by atoms with Crippen molar-refractivity contribution >= 4 is 22.7 Å². The van der Waals surface area contributed by atoms with Crippen LogP contribution in [0.5, 0.6) is 0 Å². The van der Waals surface area contributed by atoms with Gasteiger partial charge < -0.3 is 4.57 Å². The highest BCUT2D eigenvalue weighted by molar-refractivity contribution is 6.07. The summed E-state index contributed by atoms with van der Waals surface area (Å²) in [5, 5.41) is 3.46. The number of rotatable bonds is 3. The lowest BCUT2D eigenvalue weighted by Crippen LogP contribution is -2.21. The van der Waals surface area contributed by atoms with Crippen LogP contribution in [0.2, 0.25) is 0 Å². The molecule has 1 N–H and O–H groups in total. The molecule has 4 nitrogen and oxygen atoms in total. The summed E-state index contributed by atoms with van der Waals surface area (Å²) < 4.78 is 2.17. The Kier molecular flexibility index (Phi) is 2.85. The molecule has 0 bridgehead atoms. The van der Waals surface area contributed by atoms with Crippen molar-refractivity contribution in [3.63, 3.8) is 0 Å². The van der Waals surface area contributed by atoms with E-state index in [9.17, 15) is 9.59 Å². The van der Waals surface area contributed by atoms with E-state index >= 15 is 0 Å². The largest absolute Gasteiger partial charge is 0.347 e. The number of benzene rings is 1. The van der Waals surface area contributed by atoms with Gasteiger partial charge in [0.1, 0.15) is 0 Å². The van der Waals surface area contributed by atoms with Gasteiger partial charge in [0.25, 0.3) is 0 Å². The third-order valence-electron chi connectivity index (χ3n) is 3.63. The minimum absolute atomic E-state index is 0.176. The SMILES string of the molecule is CCCn1cc(C2CC(=O)NC2=O)c2ccccc21. The molecule has 4 heteroatoms. The minimum Gasteiger partial charge on any atom is -0.347 e. The van der Waals surface area contributed by atoms with Crippen molar-refractivity contribution in [3.8, 4) is 0 Å². The standard InChI is InChI=1S/C15H16N2O2/c1-2-7-17-9-12(10-5-3-4-6-13(10)17)11-8-14(18)16-15(11)19/h3-6,9,11H,2,7-8H2,1H3,(H,16,18,19). The predicted octanol–water partition coefficient (Wildman–Crippen LogP) is 2.18. The highest BCUT2D eigenvalue weighted by atomic mass is 16.2. The fourth-order valence-electron chi connectivity index (χ4n) is 2.78. The number of aromatic nitrogens is 1. The number of nitrogens with zero attached hydrogens (tertiary/aromatic N) is 1. The first-order valence-electron chi connectivity index (χ1n) is 6.62. The first-order valence-corrected chi connectivity index (χ1v) is 6.62. The molecule has 0 saturated carbocycles. The molecule has 2 heterocycles. The zero-order valence-electron chi connectivity index (χ0n) is 10.8. The van der Waals surface area contributed by atoms with E-state index in [1.165, 1.54) is 0 Å². The molecule has 0 radical (unpaired) electrons. The Hall–Kier alpha value is -2.10. The van der Waals surface area contributed by atoms with E-state index in [1.807, 2.05) is 24.4 Å². The van der Waals surface area contributed by atoms with Gasteiger partial charge in [0.2, 0.25) is 11.8 Å². The van der Waals surface area contributed by atoms with Crippen LogP contribution < -0.4 is 5.32 Å². The molecule has 1 atom stereocenters. The maximum absolute atomic E-state index is 11.9. The van der Waals surface area contributed by atoms with Crippen molar-refractivity contribution in [2.75, 3.05) is 0 Å². The number of carbonyl (C=O) groups excluding carboxylic acids is 2. The number of amides is 2. The van der Waals surface area contributed by atoms with Crippen LogP contribution >= 0.6 is 0 Å². The summed E-state index contributed by atoms with van der Waals surface area (Å²) in [6.07, 6.45) is 3.32. The van der Waals surface area contributed by atoms with Crippen molar-refractivity contribution in [3.05, 3.63) is 36.0 Å². The molecule has 1 aliphatic rings. The van der Waals surface area contributed by atoms with Crippen LogP contribution in [0.1, 0.15) is 31.2 Å². The number of hydrogen-bond donors (Lipinski definition) is 1. The molecule has 2 amide bonds. The fourth-order valence-corrected chi connectivity index (χ4v) is 2.78. The Morgan fingerprint density at radius 3 is 2.79 bits per heavy atom. The van der Waals surface area contributed by atoms with E-state index in [2.05, 4.69) is 22.9 Å². The van der Waals surface area contributed by atoms with Crippen molar-refractivity contribution in [2.45, 2.75) is 32.2 Å². The van der Waals surface area contributed by atoms with Crippen molar-refractivity contribution in [1.82, 2.24) is 9.88 Å². The van der Waals surface area contributed by atoms with Crippen LogP contribution in [0.15, 0.2) is 30.5 Å². The zero-order valence-corrected chi connectivity index (χ0v) is 10.8. The van der Waals surface area contributed by atoms with E-state index in [4.69, 9.17) is 0 Å². The van der Waals surface area contributed by atoms with Crippen molar-refractivity contribution in [2.24, 2.45) is 0 Å². The highest BCUT2D eigenvalue weighted by Gasteiger charge is 2.33. The summed E-state index contributed by atoms with van der Waals surface area (Å²) in [6.45, 7) is 3.04. The van der Waals surface area contributed by atoms with E-state index in [-0.39, 0.29) is 24.2 Å². The average Bonchev–Trinajstić information content (AvgIpc) is 2.91. The lowest BCUT2D eigenvalue weighted by Gasteiger charge is -2.03. The minimum atomic E-state index is -0.337. The lowest BCUT2D eigenvalue weighted by atomic mass is 9.97. The molecular weight excluding hydrogens is 240 g/mol. The number of fused-ring (bicyclic) bond motifs is 1. The molecule has 1 fully saturated rings. The molecule has 1 aromatic heterocycles. The zero-order chi connectivity index (χ0) is 13.4. The van der Waals surface area contributed by atoms with Crippen LogP contribution in [0.25, 0.3) is 10.9 Å². The average molecular weight is 256 g/mol. The first kappa shape index (κ1) is 12.0. The van der Waals surface area contributed by atoms with E-state index in [1.54, 1.807) is 0 Å². The molecular formula is C15H16N2O2. The summed E-state index contributed by atoms with van der Waals surface area (Å²) in [5.74, 6) is -0.692. The van der Waals surface area contributed by atoms with Crippen molar-refractivity contribution in [1.29, 1.82) is 0 Å². The molecule has 0 spiro atoms. The molecule has 1 aromatic carbocycles. The molecule has 2 aromatic rings. The van der Waals surface area contributed by atoms with Crippen LogP contribution in [-0.4, -0.2) is 16.4 Å². The monoisotopic (exact) mass is 256 g/mol. The van der Waals surface area contributed by atoms with Gasteiger partial charge in [-0.15, -0.1) is 0 Å². The first-order chi connectivity index (χ1) is 9.20. The smallest absolute Gasteiger partial charge is 0.234 e. The van der Waals surface area contributed by atoms with Gasteiger partial charge in [0, 0.05) is 30.1 Å². The topological polar surface area (TPSA) is 51.1 Å². The van der Waals surface area contributed by atoms with Gasteiger partial charge >= 0.3 is 0 Å². The summed E-state index contributed by atoms with van der Waals surface area (Å²) >= 11 is 0. The predicted molar refractivity (Wildman–Crippen MR) is 72.7 cm³/mol. The summed E-state index contributed by atoms with van der Waals surface area (Å²) in [5.41, 5.74) is 2.10. The van der Waals surface area contributed by atoms with E-state index < -0.39 is 0 Å². The van der Waals surface area contributed by atoms with Crippen LogP contribution in [0.3, 0.4) is 0 Å². The lowest BCUT2D eigenvalue weighted by molar-refractivity contribution is -0.125. The van der Waals surface area contributed by atoms with Crippen LogP contribution in [0.4, 0.5) is 0 Å². The maximum Gasteiger partial charge on any atom is 0.234 e. The molecule has 98 valence electrons. The second-order valence-electron chi connectivity index (χ2n) is 4.96. The summed E-state index contributed by atoms with van der Waals surface area (Å²) in [7, 11) is 0. The van der Waals surface area contributed by atoms with E-state index in [0.717, 1.165) is 29.4 Å². The molecule has 1 aliphatic heterocycles. The number of aryl methyl sites for hydroxylation is 1. The van der Waals surface area contributed by atoms with Gasteiger partial charge in [-0.1, -0.05) is 25.1 Å². The fraction of sp³-hybridized carbons (Fsp3) is 0.333. The van der Waals surface area contributed by atoms with Gasteiger partial charge in [0.05, 0.1) is 5.92 Å². The van der Waals surface area contributed by atoms with Crippen LogP contribution in [0, 0.1) is 0 Å². The number of carbonyl (C=O) groups is 2. The van der Waals surface area contributed by atoms with Gasteiger partial charge in [-0.05, 0) is 18.1 Å². The highest BCUT2D eigenvalue weighted by Crippen LogP contribution is 2.32. The number of nitrogens with one attached hydrogen (secondary N) is 1. The number of imide groups is 1. The van der Waals surface area contributed by atoms with E-state index in [0.29, 0.717) is 0 Å². The second-order valence-corrected chi connectivity index (χ2v) is 4.96. The molecule has 1 unspecified atom stereocenters. The molecule has 1 saturated heterocycles. The maximum atomic E-state index is 11.9. The second kappa shape index (κ2) is 4.53. The molecule has 3 rings (SSSR count). The van der Waals surface area contributed by atoms with Crippen LogP contribution in [-0.2, 0) is 16.1 Å². The Bertz CT molecular complexity index is 657. The Morgan fingerprint density at radius 2 is 2.11 bits per heavy atom. The molecule has 19 heavy (non-hydrogen) atoms. The Balaban J connectivity index is 2.13. The summed E-state index contributed by atoms with van der Waals surface area (Å²) in [4.78, 5) is 23.2. The normalized spacial score (nSPS) is 19.1. The molecule has 0 aliphatic carbocycles. The van der Waals surface area contributed by atoms with Gasteiger partial charge in [0.15, 0.2) is 0 Å². The Morgan fingerprint density at radius 1 is 1.32 bits per heavy atom. The summed E-state index contributed by atoms with van der Waals surface area (Å²) in [6, 6.07) is 8.05. The Labute approximate surface area is 111 Å². The quantitative estimate of drug-likeness (QED) is 0.856. The number of para-hydroxylation sites is 1. The van der Waals surface area contributed by atoms with Gasteiger partial charge in [-0.25, -0.2) is 0 Å². The van der Waals surface area contributed by atoms with Crippen molar-refractivity contribution < 1.29 is 9.59 Å². The number of hydrogen-bond acceptors (Lipinski definition) is 2. The van der Waals surface area contributed by atoms with Gasteiger partial charge in [-0.2, -0.15) is 0 Å².